The lowest BCUT2D eigenvalue weighted by Gasteiger charge is -2.29. The highest BCUT2D eigenvalue weighted by atomic mass is 16.1. The van der Waals surface area contributed by atoms with Crippen LogP contribution in [-0.4, -0.2) is 22.6 Å². The van der Waals surface area contributed by atoms with Gasteiger partial charge in [0.25, 0.3) is 5.91 Å². The van der Waals surface area contributed by atoms with Crippen LogP contribution < -0.4 is 10.2 Å². The molecule has 26 heavy (non-hydrogen) atoms. The molecule has 0 spiro atoms. The average molecular weight is 344 g/mol. The summed E-state index contributed by atoms with van der Waals surface area (Å²) in [5.74, 6) is 0.559. The maximum Gasteiger partial charge on any atom is 0.272 e. The first kappa shape index (κ1) is 16.3. The van der Waals surface area contributed by atoms with E-state index in [-0.39, 0.29) is 5.91 Å². The third-order valence-corrected chi connectivity index (χ3v) is 4.57. The lowest BCUT2D eigenvalue weighted by atomic mass is 10.0. The normalized spacial score (nSPS) is 13.2. The molecule has 1 aliphatic heterocycles. The Bertz CT molecular complexity index is 893. The number of benzene rings is 2. The standard InChI is InChI=1S/C21H20N4O/c26-21(22-15-16-7-2-1-3-8-16)18-12-13-20(24-23-18)25-14-6-10-17-9-4-5-11-19(17)25/h1-5,7-9,11-13H,6,10,14-15H2,(H,22,26). The Morgan fingerprint density at radius 1 is 0.962 bits per heavy atom. The van der Waals surface area contributed by atoms with Crippen LogP contribution in [0.4, 0.5) is 11.5 Å². The summed E-state index contributed by atoms with van der Waals surface area (Å²) in [5.41, 5.74) is 3.88. The van der Waals surface area contributed by atoms with Gasteiger partial charge in [-0.25, -0.2) is 0 Å². The molecule has 0 bridgehead atoms. The van der Waals surface area contributed by atoms with E-state index in [1.54, 1.807) is 6.07 Å². The minimum Gasteiger partial charge on any atom is -0.347 e. The zero-order chi connectivity index (χ0) is 17.8. The minimum atomic E-state index is -0.216. The van der Waals surface area contributed by atoms with E-state index in [1.807, 2.05) is 42.5 Å². The van der Waals surface area contributed by atoms with Gasteiger partial charge >= 0.3 is 0 Å². The number of fused-ring (bicyclic) bond motifs is 1. The first-order chi connectivity index (χ1) is 12.8. The molecule has 0 saturated heterocycles. The van der Waals surface area contributed by atoms with Crippen molar-refractivity contribution < 1.29 is 4.79 Å². The number of carbonyl (C=O) groups is 1. The van der Waals surface area contributed by atoms with Gasteiger partial charge in [0.1, 0.15) is 0 Å². The van der Waals surface area contributed by atoms with Gasteiger partial charge in [0.15, 0.2) is 11.5 Å². The number of para-hydroxylation sites is 1. The Morgan fingerprint density at radius 2 is 1.77 bits per heavy atom. The number of aromatic nitrogens is 2. The Kier molecular flexibility index (Phi) is 4.60. The number of anilines is 2. The third kappa shape index (κ3) is 3.42. The van der Waals surface area contributed by atoms with Gasteiger partial charge < -0.3 is 10.2 Å². The first-order valence-electron chi connectivity index (χ1n) is 8.82. The summed E-state index contributed by atoms with van der Waals surface area (Å²) in [6.07, 6.45) is 2.16. The Labute approximate surface area is 152 Å². The van der Waals surface area contributed by atoms with Gasteiger partial charge in [-0.1, -0.05) is 48.5 Å². The van der Waals surface area contributed by atoms with Gasteiger partial charge in [0.05, 0.1) is 0 Å². The second-order valence-electron chi connectivity index (χ2n) is 6.33. The molecule has 2 aromatic carbocycles. The molecular formula is C21H20N4O. The van der Waals surface area contributed by atoms with E-state index in [0.29, 0.717) is 12.2 Å². The van der Waals surface area contributed by atoms with Crippen molar-refractivity contribution in [2.75, 3.05) is 11.4 Å². The second-order valence-corrected chi connectivity index (χ2v) is 6.33. The fourth-order valence-corrected chi connectivity index (χ4v) is 3.23. The molecule has 1 aliphatic rings. The quantitative estimate of drug-likeness (QED) is 0.787. The number of nitrogens with one attached hydrogen (secondary N) is 1. The SMILES string of the molecule is O=C(NCc1ccccc1)c1ccc(N2CCCc3ccccc32)nn1. The van der Waals surface area contributed by atoms with E-state index < -0.39 is 0 Å². The molecule has 0 aliphatic carbocycles. The zero-order valence-electron chi connectivity index (χ0n) is 14.4. The summed E-state index contributed by atoms with van der Waals surface area (Å²) < 4.78 is 0. The van der Waals surface area contributed by atoms with Crippen molar-refractivity contribution in [2.45, 2.75) is 19.4 Å². The minimum absolute atomic E-state index is 0.216. The molecule has 130 valence electrons. The number of aryl methyl sites for hydroxylation is 1. The number of amides is 1. The number of rotatable bonds is 4. The van der Waals surface area contributed by atoms with Gasteiger partial charge in [-0.05, 0) is 42.2 Å². The Balaban J connectivity index is 1.46. The van der Waals surface area contributed by atoms with Gasteiger partial charge in [-0.3, -0.25) is 4.79 Å². The highest BCUT2D eigenvalue weighted by Crippen LogP contribution is 2.31. The number of nitrogens with zero attached hydrogens (tertiary/aromatic N) is 3. The van der Waals surface area contributed by atoms with Gasteiger partial charge in [-0.15, -0.1) is 10.2 Å². The van der Waals surface area contributed by atoms with Crippen molar-refractivity contribution in [3.8, 4) is 0 Å². The van der Waals surface area contributed by atoms with Crippen LogP contribution in [0, 0.1) is 0 Å². The molecule has 1 N–H and O–H groups in total. The molecule has 0 atom stereocenters. The van der Waals surface area contributed by atoms with Crippen molar-refractivity contribution in [1.29, 1.82) is 0 Å². The van der Waals surface area contributed by atoms with Crippen molar-refractivity contribution in [3.05, 3.63) is 83.6 Å². The van der Waals surface area contributed by atoms with Crippen LogP contribution in [0.25, 0.3) is 0 Å². The summed E-state index contributed by atoms with van der Waals surface area (Å²) in [7, 11) is 0. The van der Waals surface area contributed by atoms with E-state index in [0.717, 1.165) is 30.8 Å². The van der Waals surface area contributed by atoms with Crippen LogP contribution in [0.5, 0.6) is 0 Å². The van der Waals surface area contributed by atoms with Crippen LogP contribution in [0.15, 0.2) is 66.7 Å². The van der Waals surface area contributed by atoms with Crippen LogP contribution in [-0.2, 0) is 13.0 Å². The Hall–Kier alpha value is -3.21. The highest BCUT2D eigenvalue weighted by molar-refractivity contribution is 5.92. The molecule has 0 saturated carbocycles. The van der Waals surface area contributed by atoms with E-state index in [9.17, 15) is 4.79 Å². The van der Waals surface area contributed by atoms with Gasteiger partial charge in [0, 0.05) is 18.8 Å². The predicted molar refractivity (Wildman–Crippen MR) is 101 cm³/mol. The average Bonchev–Trinajstić information content (AvgIpc) is 2.72. The maximum absolute atomic E-state index is 12.3. The molecule has 3 aromatic rings. The lowest BCUT2D eigenvalue weighted by Crippen LogP contribution is -2.27. The Morgan fingerprint density at radius 3 is 2.58 bits per heavy atom. The topological polar surface area (TPSA) is 58.1 Å². The van der Waals surface area contributed by atoms with Crippen molar-refractivity contribution >= 4 is 17.4 Å². The molecule has 5 heteroatoms. The second kappa shape index (κ2) is 7.35. The fourth-order valence-electron chi connectivity index (χ4n) is 3.23. The predicted octanol–water partition coefficient (Wildman–Crippen LogP) is 3.49. The van der Waals surface area contributed by atoms with E-state index in [4.69, 9.17) is 0 Å². The number of hydrogen-bond acceptors (Lipinski definition) is 4. The van der Waals surface area contributed by atoms with Crippen molar-refractivity contribution in [2.24, 2.45) is 0 Å². The van der Waals surface area contributed by atoms with Crippen LogP contribution >= 0.6 is 0 Å². The van der Waals surface area contributed by atoms with Gasteiger partial charge in [0.2, 0.25) is 0 Å². The summed E-state index contributed by atoms with van der Waals surface area (Å²) >= 11 is 0. The first-order valence-corrected chi connectivity index (χ1v) is 8.82. The molecule has 5 nitrogen and oxygen atoms in total. The summed E-state index contributed by atoms with van der Waals surface area (Å²) in [6.45, 7) is 1.38. The van der Waals surface area contributed by atoms with E-state index in [2.05, 4.69) is 38.6 Å². The molecule has 1 aromatic heterocycles. The van der Waals surface area contributed by atoms with E-state index >= 15 is 0 Å². The van der Waals surface area contributed by atoms with Crippen LogP contribution in [0.3, 0.4) is 0 Å². The maximum atomic E-state index is 12.3. The molecule has 0 unspecified atom stereocenters. The van der Waals surface area contributed by atoms with E-state index in [1.165, 1.54) is 11.3 Å². The van der Waals surface area contributed by atoms with Crippen LogP contribution in [0.2, 0.25) is 0 Å². The number of carbonyl (C=O) groups excluding carboxylic acids is 1. The zero-order valence-corrected chi connectivity index (χ0v) is 14.4. The molecule has 1 amide bonds. The smallest absolute Gasteiger partial charge is 0.272 e. The molecule has 2 heterocycles. The molecule has 4 rings (SSSR count). The lowest BCUT2D eigenvalue weighted by molar-refractivity contribution is 0.0945. The summed E-state index contributed by atoms with van der Waals surface area (Å²) in [5, 5.41) is 11.3. The van der Waals surface area contributed by atoms with Crippen molar-refractivity contribution in [1.82, 2.24) is 15.5 Å². The third-order valence-electron chi connectivity index (χ3n) is 4.57. The summed E-state index contributed by atoms with van der Waals surface area (Å²) in [6, 6.07) is 21.8. The summed E-state index contributed by atoms with van der Waals surface area (Å²) in [4.78, 5) is 14.4. The molecule has 0 radical (unpaired) electrons. The molecular weight excluding hydrogens is 324 g/mol. The monoisotopic (exact) mass is 344 g/mol. The highest BCUT2D eigenvalue weighted by Gasteiger charge is 2.19. The number of hydrogen-bond donors (Lipinski definition) is 1. The van der Waals surface area contributed by atoms with Crippen LogP contribution in [0.1, 0.15) is 28.0 Å². The largest absolute Gasteiger partial charge is 0.347 e. The van der Waals surface area contributed by atoms with Gasteiger partial charge in [-0.2, -0.15) is 0 Å². The fraction of sp³-hybridized carbons (Fsp3) is 0.190. The van der Waals surface area contributed by atoms with Crippen molar-refractivity contribution in [3.63, 3.8) is 0 Å². The molecule has 0 fully saturated rings.